The van der Waals surface area contributed by atoms with Crippen molar-refractivity contribution in [2.45, 2.75) is 63.6 Å². The maximum Gasteiger partial charge on any atom is 0.314 e. The van der Waals surface area contributed by atoms with Crippen LogP contribution in [0.25, 0.3) is 11.5 Å². The average molecular weight is 441 g/mol. The smallest absolute Gasteiger partial charge is 0.314 e. The van der Waals surface area contributed by atoms with E-state index in [-0.39, 0.29) is 29.8 Å². The van der Waals surface area contributed by atoms with Crippen LogP contribution in [0.1, 0.15) is 66.8 Å². The predicted octanol–water partition coefficient (Wildman–Crippen LogP) is 3.36. The summed E-state index contributed by atoms with van der Waals surface area (Å²) in [5, 5.41) is 19.3. The summed E-state index contributed by atoms with van der Waals surface area (Å²) in [7, 11) is 0. The van der Waals surface area contributed by atoms with Gasteiger partial charge in [-0.05, 0) is 43.4 Å². The third-order valence-corrected chi connectivity index (χ3v) is 6.66. The van der Waals surface area contributed by atoms with Crippen LogP contribution in [-0.2, 0) is 11.3 Å². The van der Waals surface area contributed by atoms with Gasteiger partial charge < -0.3 is 14.6 Å². The Kier molecular flexibility index (Phi) is 4.92. The van der Waals surface area contributed by atoms with Crippen LogP contribution in [0.5, 0.6) is 0 Å². The van der Waals surface area contributed by atoms with Crippen molar-refractivity contribution in [3.05, 3.63) is 35.2 Å². The Morgan fingerprint density at radius 3 is 2.75 bits per heavy atom. The molecule has 0 radical (unpaired) electrons. The number of amides is 2. The normalized spacial score (nSPS) is 23.7. The molecule has 32 heavy (non-hydrogen) atoms. The number of carbonyl (C=O) groups excluding carboxylic acids is 2. The zero-order chi connectivity index (χ0) is 22.5. The molecule has 10 heteroatoms. The summed E-state index contributed by atoms with van der Waals surface area (Å²) in [6, 6.07) is 6.77. The van der Waals surface area contributed by atoms with Gasteiger partial charge in [0.25, 0.3) is 11.8 Å². The first-order valence-electron chi connectivity index (χ1n) is 10.7. The van der Waals surface area contributed by atoms with Crippen molar-refractivity contribution in [3.63, 3.8) is 0 Å². The number of nitriles is 1. The molecule has 2 aliphatic carbocycles. The highest BCUT2D eigenvalue weighted by Crippen LogP contribution is 2.45. The molecule has 5 rings (SSSR count). The third kappa shape index (κ3) is 3.42. The van der Waals surface area contributed by atoms with Crippen molar-refractivity contribution >= 4 is 11.8 Å². The molecular formula is C22H21F2N5O3. The van der Waals surface area contributed by atoms with Gasteiger partial charge in [0.2, 0.25) is 11.8 Å². The Bertz CT molecular complexity index is 1120. The summed E-state index contributed by atoms with van der Waals surface area (Å²) >= 11 is 0. The molecule has 1 aromatic heterocycles. The van der Waals surface area contributed by atoms with Gasteiger partial charge in [-0.25, -0.2) is 0 Å². The average Bonchev–Trinajstić information content (AvgIpc) is 3.32. The van der Waals surface area contributed by atoms with E-state index >= 15 is 0 Å². The van der Waals surface area contributed by atoms with Gasteiger partial charge in [-0.1, -0.05) is 18.9 Å². The van der Waals surface area contributed by atoms with Gasteiger partial charge in [0.15, 0.2) is 0 Å². The monoisotopic (exact) mass is 441 g/mol. The molecule has 2 fully saturated rings. The van der Waals surface area contributed by atoms with E-state index in [9.17, 15) is 23.6 Å². The minimum absolute atomic E-state index is 0.0663. The summed E-state index contributed by atoms with van der Waals surface area (Å²) in [5.74, 6) is -1.25. The van der Waals surface area contributed by atoms with E-state index in [4.69, 9.17) is 4.42 Å². The minimum Gasteiger partial charge on any atom is -0.415 e. The topological polar surface area (TPSA) is 112 Å². The highest BCUT2D eigenvalue weighted by molar-refractivity contribution is 5.99. The number of halogens is 2. The van der Waals surface area contributed by atoms with Crippen molar-refractivity contribution in [2.75, 3.05) is 0 Å². The molecule has 2 atom stereocenters. The number of nitrogens with zero attached hydrogens (tertiary/aromatic N) is 4. The third-order valence-electron chi connectivity index (χ3n) is 6.66. The van der Waals surface area contributed by atoms with Gasteiger partial charge in [0.05, 0.1) is 12.1 Å². The van der Waals surface area contributed by atoms with Crippen molar-refractivity contribution in [2.24, 2.45) is 5.41 Å². The summed E-state index contributed by atoms with van der Waals surface area (Å²) in [4.78, 5) is 27.7. The molecule has 2 aromatic rings. The minimum atomic E-state index is -2.86. The van der Waals surface area contributed by atoms with E-state index in [1.165, 1.54) is 0 Å². The summed E-state index contributed by atoms with van der Waals surface area (Å²) in [6.45, 7) is 0.404. The van der Waals surface area contributed by atoms with Crippen molar-refractivity contribution in [1.29, 1.82) is 5.26 Å². The number of benzene rings is 1. The lowest BCUT2D eigenvalue weighted by Crippen LogP contribution is -2.54. The molecule has 0 spiro atoms. The van der Waals surface area contributed by atoms with Crippen LogP contribution in [-0.4, -0.2) is 39.0 Å². The largest absolute Gasteiger partial charge is 0.415 e. The first-order chi connectivity index (χ1) is 15.4. The molecule has 1 aliphatic heterocycles. The fraction of sp³-hybridized carbons (Fsp3) is 0.500. The number of hydrogen-bond acceptors (Lipinski definition) is 6. The number of rotatable bonds is 5. The second-order valence-corrected chi connectivity index (χ2v) is 8.68. The lowest BCUT2D eigenvalue weighted by Gasteiger charge is -2.38. The fourth-order valence-electron chi connectivity index (χ4n) is 4.64. The molecule has 8 nitrogen and oxygen atoms in total. The molecule has 3 aliphatic rings. The molecule has 2 saturated carbocycles. The Balaban J connectivity index is 1.36. The van der Waals surface area contributed by atoms with Crippen LogP contribution < -0.4 is 5.32 Å². The quantitative estimate of drug-likeness (QED) is 0.762. The number of alkyl halides is 2. The zero-order valence-electron chi connectivity index (χ0n) is 17.2. The maximum absolute atomic E-state index is 13.3. The molecule has 1 N–H and O–H groups in total. The Labute approximate surface area is 182 Å². The van der Waals surface area contributed by atoms with Gasteiger partial charge in [-0.3, -0.25) is 9.59 Å². The van der Waals surface area contributed by atoms with E-state index in [2.05, 4.69) is 21.6 Å². The van der Waals surface area contributed by atoms with Gasteiger partial charge in [0, 0.05) is 23.7 Å². The molecule has 0 unspecified atom stereocenters. The van der Waals surface area contributed by atoms with Crippen LogP contribution in [0.3, 0.4) is 0 Å². The number of nitrogens with one attached hydrogen (secondary N) is 1. The number of aromatic nitrogens is 2. The predicted molar refractivity (Wildman–Crippen MR) is 106 cm³/mol. The molecule has 2 heterocycles. The summed E-state index contributed by atoms with van der Waals surface area (Å²) < 4.78 is 30.5. The number of hydrogen-bond donors (Lipinski definition) is 1. The molecule has 0 bridgehead atoms. The van der Waals surface area contributed by atoms with E-state index < -0.39 is 17.7 Å². The molecule has 0 saturated heterocycles. The van der Waals surface area contributed by atoms with E-state index in [1.54, 1.807) is 23.1 Å². The van der Waals surface area contributed by atoms with Crippen LogP contribution in [0.15, 0.2) is 22.6 Å². The lowest BCUT2D eigenvalue weighted by molar-refractivity contribution is -0.125. The molecule has 1 aromatic carbocycles. The van der Waals surface area contributed by atoms with Crippen molar-refractivity contribution in [1.82, 2.24) is 20.4 Å². The maximum atomic E-state index is 13.3. The second-order valence-electron chi connectivity index (χ2n) is 8.68. The Hall–Kier alpha value is -3.35. The highest BCUT2D eigenvalue weighted by Gasteiger charge is 2.52. The highest BCUT2D eigenvalue weighted by atomic mass is 19.3. The standard InChI is InChI=1S/C22H21F2N5O3/c23-17(24)19-28-27-18(32-19)12-5-6-13-10-29(20(30)14(13)9-12)16-4-2-1-3-15(16)26-21(31)22(11-25)7-8-22/h5-6,9,15-17H,1-4,7-8,10H2,(H,26,31)/t15-,16-/m1/s1. The first kappa shape index (κ1) is 20.5. The summed E-state index contributed by atoms with van der Waals surface area (Å²) in [5.41, 5.74) is 0.775. The molecule has 2 amide bonds. The lowest BCUT2D eigenvalue weighted by atomic mass is 9.88. The Morgan fingerprint density at radius 1 is 1.28 bits per heavy atom. The summed E-state index contributed by atoms with van der Waals surface area (Å²) in [6.07, 6.45) is 1.70. The van der Waals surface area contributed by atoms with Crippen LogP contribution in [0.4, 0.5) is 8.78 Å². The number of fused-ring (bicyclic) bond motifs is 1. The van der Waals surface area contributed by atoms with Crippen LogP contribution in [0, 0.1) is 16.7 Å². The molecular weight excluding hydrogens is 420 g/mol. The fourth-order valence-corrected chi connectivity index (χ4v) is 4.64. The second kappa shape index (κ2) is 7.65. The van der Waals surface area contributed by atoms with Gasteiger partial charge >= 0.3 is 6.43 Å². The van der Waals surface area contributed by atoms with Crippen LogP contribution >= 0.6 is 0 Å². The van der Waals surface area contributed by atoms with Crippen LogP contribution in [0.2, 0.25) is 0 Å². The van der Waals surface area contributed by atoms with Crippen molar-refractivity contribution < 1.29 is 22.8 Å². The van der Waals surface area contributed by atoms with Gasteiger partial charge in [0.1, 0.15) is 5.41 Å². The van der Waals surface area contributed by atoms with Gasteiger partial charge in [-0.15, -0.1) is 10.2 Å². The van der Waals surface area contributed by atoms with Crippen molar-refractivity contribution in [3.8, 4) is 17.5 Å². The van der Waals surface area contributed by atoms with E-state index in [0.29, 0.717) is 30.5 Å². The Morgan fingerprint density at radius 2 is 2.06 bits per heavy atom. The van der Waals surface area contributed by atoms with E-state index in [0.717, 1.165) is 31.2 Å². The first-order valence-corrected chi connectivity index (χ1v) is 10.7. The van der Waals surface area contributed by atoms with Gasteiger partial charge in [-0.2, -0.15) is 14.0 Å². The zero-order valence-corrected chi connectivity index (χ0v) is 17.2. The molecule has 166 valence electrons. The number of carbonyl (C=O) groups is 2. The van der Waals surface area contributed by atoms with E-state index in [1.807, 2.05) is 0 Å². The SMILES string of the molecule is N#CC1(C(=O)N[C@@H]2CCCC[C@H]2N2Cc3ccc(-c4nnc(C(F)F)o4)cc3C2=O)CC1.